The number of carboxylic acid groups (broad SMARTS) is 1. The van der Waals surface area contributed by atoms with Crippen LogP contribution in [0.1, 0.15) is 21.7 Å². The molecule has 0 spiro atoms. The van der Waals surface area contributed by atoms with Gasteiger partial charge >= 0.3 is 5.97 Å². The Morgan fingerprint density at radius 2 is 2.22 bits per heavy atom. The zero-order valence-corrected chi connectivity index (χ0v) is 9.57. The van der Waals surface area contributed by atoms with Gasteiger partial charge in [-0.05, 0) is 6.92 Å². The number of rotatable bonds is 3. The Balaban J connectivity index is 2.40. The molecule has 0 saturated heterocycles. The van der Waals surface area contributed by atoms with E-state index in [4.69, 9.17) is 5.11 Å². The topological polar surface area (TPSA) is 98.0 Å². The van der Waals surface area contributed by atoms with Crippen LogP contribution < -0.4 is 5.56 Å². The number of aromatic nitrogens is 4. The molecule has 0 aliphatic rings. The van der Waals surface area contributed by atoms with Crippen LogP contribution in [0.25, 0.3) is 0 Å². The summed E-state index contributed by atoms with van der Waals surface area (Å²) in [7, 11) is 0. The fourth-order valence-corrected chi connectivity index (χ4v) is 1.46. The van der Waals surface area contributed by atoms with Crippen molar-refractivity contribution in [3.05, 3.63) is 52.2 Å². The van der Waals surface area contributed by atoms with E-state index in [0.717, 1.165) is 0 Å². The standard InChI is InChI=1S/C11H10N4O3/c1-7-2-10(16)15(6-14-7)4-9-8(11(17)18)3-12-5-13-9/h2-3,5-6H,4H2,1H3,(H,17,18). The van der Waals surface area contributed by atoms with E-state index in [1.165, 1.54) is 29.5 Å². The van der Waals surface area contributed by atoms with E-state index in [1.807, 2.05) is 0 Å². The van der Waals surface area contributed by atoms with Gasteiger partial charge in [-0.25, -0.2) is 19.7 Å². The van der Waals surface area contributed by atoms with Crippen LogP contribution in [0.4, 0.5) is 0 Å². The van der Waals surface area contributed by atoms with E-state index < -0.39 is 5.97 Å². The van der Waals surface area contributed by atoms with Gasteiger partial charge in [0, 0.05) is 18.0 Å². The van der Waals surface area contributed by atoms with Crippen LogP contribution in [0, 0.1) is 6.92 Å². The van der Waals surface area contributed by atoms with Crippen LogP contribution in [-0.4, -0.2) is 30.6 Å². The van der Waals surface area contributed by atoms with Crippen molar-refractivity contribution < 1.29 is 9.90 Å². The van der Waals surface area contributed by atoms with E-state index in [1.54, 1.807) is 6.92 Å². The van der Waals surface area contributed by atoms with Crippen molar-refractivity contribution in [2.45, 2.75) is 13.5 Å². The summed E-state index contributed by atoms with van der Waals surface area (Å²) in [6.45, 7) is 1.76. The smallest absolute Gasteiger partial charge is 0.339 e. The third-order valence-corrected chi connectivity index (χ3v) is 2.36. The Labute approximate surface area is 102 Å². The minimum absolute atomic E-state index is 0.0232. The molecular formula is C11H10N4O3. The predicted molar refractivity (Wildman–Crippen MR) is 61.3 cm³/mol. The van der Waals surface area contributed by atoms with Crippen molar-refractivity contribution >= 4 is 5.97 Å². The monoisotopic (exact) mass is 246 g/mol. The zero-order chi connectivity index (χ0) is 13.1. The highest BCUT2D eigenvalue weighted by Crippen LogP contribution is 2.04. The highest BCUT2D eigenvalue weighted by Gasteiger charge is 2.12. The minimum atomic E-state index is -1.13. The van der Waals surface area contributed by atoms with Gasteiger partial charge in [0.05, 0.1) is 18.6 Å². The minimum Gasteiger partial charge on any atom is -0.478 e. The fraction of sp³-hybridized carbons (Fsp3) is 0.182. The average molecular weight is 246 g/mol. The van der Waals surface area contributed by atoms with Crippen molar-refractivity contribution in [2.75, 3.05) is 0 Å². The van der Waals surface area contributed by atoms with Gasteiger partial charge in [0.15, 0.2) is 0 Å². The molecule has 1 N–H and O–H groups in total. The third kappa shape index (κ3) is 2.40. The van der Waals surface area contributed by atoms with Gasteiger partial charge in [-0.2, -0.15) is 0 Å². The molecule has 0 unspecified atom stereocenters. The summed E-state index contributed by atoms with van der Waals surface area (Å²) in [5, 5.41) is 8.97. The molecule has 2 aromatic rings. The lowest BCUT2D eigenvalue weighted by atomic mass is 10.2. The second-order valence-electron chi connectivity index (χ2n) is 3.68. The zero-order valence-electron chi connectivity index (χ0n) is 9.57. The van der Waals surface area contributed by atoms with Crippen LogP contribution in [0.3, 0.4) is 0 Å². The summed E-state index contributed by atoms with van der Waals surface area (Å²) in [6, 6.07) is 1.38. The molecule has 18 heavy (non-hydrogen) atoms. The second-order valence-corrected chi connectivity index (χ2v) is 3.68. The van der Waals surface area contributed by atoms with Gasteiger partial charge in [0.25, 0.3) is 5.56 Å². The Hall–Kier alpha value is -2.57. The molecule has 0 aliphatic heterocycles. The summed E-state index contributed by atoms with van der Waals surface area (Å²) in [6.07, 6.45) is 3.82. The maximum atomic E-state index is 11.7. The molecule has 2 rings (SSSR count). The summed E-state index contributed by atoms with van der Waals surface area (Å²) < 4.78 is 1.29. The maximum absolute atomic E-state index is 11.7. The number of nitrogens with zero attached hydrogens (tertiary/aromatic N) is 4. The molecule has 92 valence electrons. The van der Waals surface area contributed by atoms with Crippen molar-refractivity contribution in [3.8, 4) is 0 Å². The molecule has 0 bridgehead atoms. The van der Waals surface area contributed by atoms with Crippen LogP contribution >= 0.6 is 0 Å². The Morgan fingerprint density at radius 3 is 2.89 bits per heavy atom. The number of aryl methyl sites for hydroxylation is 1. The normalized spacial score (nSPS) is 10.3. The first-order valence-corrected chi connectivity index (χ1v) is 5.13. The molecule has 7 heteroatoms. The van der Waals surface area contributed by atoms with Crippen molar-refractivity contribution in [2.24, 2.45) is 0 Å². The van der Waals surface area contributed by atoms with Crippen molar-refractivity contribution in [1.82, 2.24) is 19.5 Å². The molecule has 0 fully saturated rings. The lowest BCUT2D eigenvalue weighted by Gasteiger charge is -2.06. The van der Waals surface area contributed by atoms with Crippen LogP contribution in [0.2, 0.25) is 0 Å². The first-order valence-electron chi connectivity index (χ1n) is 5.13. The number of carboxylic acids is 1. The predicted octanol–water partition coefficient (Wildman–Crippen LogP) is 0.0882. The summed E-state index contributed by atoms with van der Waals surface area (Å²) in [4.78, 5) is 34.1. The highest BCUT2D eigenvalue weighted by atomic mass is 16.4. The lowest BCUT2D eigenvalue weighted by molar-refractivity contribution is 0.0694. The summed E-state index contributed by atoms with van der Waals surface area (Å²) in [5.74, 6) is -1.13. The summed E-state index contributed by atoms with van der Waals surface area (Å²) in [5.41, 5.74) is 0.602. The molecule has 2 aromatic heterocycles. The van der Waals surface area contributed by atoms with E-state index in [-0.39, 0.29) is 23.4 Å². The van der Waals surface area contributed by atoms with Crippen LogP contribution in [0.15, 0.2) is 29.7 Å². The first kappa shape index (κ1) is 11.9. The number of hydrogen-bond donors (Lipinski definition) is 1. The Bertz CT molecular complexity index is 651. The van der Waals surface area contributed by atoms with E-state index in [9.17, 15) is 9.59 Å². The SMILES string of the molecule is Cc1cc(=O)n(Cc2ncncc2C(=O)O)cn1. The number of hydrogen-bond acceptors (Lipinski definition) is 5. The molecule has 0 amide bonds. The van der Waals surface area contributed by atoms with Crippen molar-refractivity contribution in [3.63, 3.8) is 0 Å². The summed E-state index contributed by atoms with van der Waals surface area (Å²) >= 11 is 0. The van der Waals surface area contributed by atoms with Gasteiger partial charge in [-0.3, -0.25) is 9.36 Å². The molecule has 0 atom stereocenters. The Morgan fingerprint density at radius 1 is 1.44 bits per heavy atom. The van der Waals surface area contributed by atoms with Gasteiger partial charge in [0.1, 0.15) is 11.9 Å². The highest BCUT2D eigenvalue weighted by molar-refractivity contribution is 5.88. The van der Waals surface area contributed by atoms with Crippen molar-refractivity contribution in [1.29, 1.82) is 0 Å². The quantitative estimate of drug-likeness (QED) is 0.824. The number of aromatic carboxylic acids is 1. The van der Waals surface area contributed by atoms with Gasteiger partial charge in [-0.15, -0.1) is 0 Å². The maximum Gasteiger partial charge on any atom is 0.339 e. The number of carbonyl (C=O) groups is 1. The Kier molecular flexibility index (Phi) is 3.13. The van der Waals surface area contributed by atoms with E-state index in [0.29, 0.717) is 5.69 Å². The molecule has 0 saturated carbocycles. The molecular weight excluding hydrogens is 236 g/mol. The van der Waals surface area contributed by atoms with Crippen LogP contribution in [0.5, 0.6) is 0 Å². The lowest BCUT2D eigenvalue weighted by Crippen LogP contribution is -2.22. The van der Waals surface area contributed by atoms with Gasteiger partial charge in [-0.1, -0.05) is 0 Å². The molecule has 2 heterocycles. The molecule has 0 aromatic carbocycles. The van der Waals surface area contributed by atoms with Crippen LogP contribution in [-0.2, 0) is 6.54 Å². The largest absolute Gasteiger partial charge is 0.478 e. The molecule has 0 aliphatic carbocycles. The second kappa shape index (κ2) is 4.74. The van der Waals surface area contributed by atoms with E-state index in [2.05, 4.69) is 15.0 Å². The van der Waals surface area contributed by atoms with Gasteiger partial charge < -0.3 is 5.11 Å². The third-order valence-electron chi connectivity index (χ3n) is 2.36. The average Bonchev–Trinajstić information content (AvgIpc) is 2.33. The van der Waals surface area contributed by atoms with E-state index >= 15 is 0 Å². The van der Waals surface area contributed by atoms with Gasteiger partial charge in [0.2, 0.25) is 0 Å². The fourth-order valence-electron chi connectivity index (χ4n) is 1.46. The molecule has 7 nitrogen and oxygen atoms in total. The first-order chi connectivity index (χ1) is 8.58. The molecule has 0 radical (unpaired) electrons.